The first-order chi connectivity index (χ1) is 15.7. The molecular weight excluding hydrogens is 415 g/mol. The highest BCUT2D eigenvalue weighted by molar-refractivity contribution is 6.06. The van der Waals surface area contributed by atoms with Crippen molar-refractivity contribution in [2.45, 2.75) is 6.42 Å². The van der Waals surface area contributed by atoms with E-state index in [1.165, 1.54) is 13.2 Å². The predicted molar refractivity (Wildman–Crippen MR) is 116 cm³/mol. The second-order valence-corrected chi connectivity index (χ2v) is 7.77. The lowest BCUT2D eigenvalue weighted by Gasteiger charge is -2.26. The van der Waals surface area contributed by atoms with Gasteiger partial charge in [0.15, 0.2) is 11.6 Å². The highest BCUT2D eigenvalue weighted by Gasteiger charge is 2.29. The summed E-state index contributed by atoms with van der Waals surface area (Å²) in [7, 11) is 1.41. The molecule has 3 aromatic rings. The lowest BCUT2D eigenvalue weighted by Crippen LogP contribution is -2.32. The monoisotopic (exact) mass is 438 g/mol. The maximum Gasteiger partial charge on any atom is 0.255 e. The molecule has 2 aliphatic rings. The normalized spacial score (nSPS) is 15.5. The van der Waals surface area contributed by atoms with Gasteiger partial charge in [0.1, 0.15) is 5.75 Å². The minimum Gasteiger partial charge on any atom is -0.492 e. The summed E-state index contributed by atoms with van der Waals surface area (Å²) in [5.41, 5.74) is 3.66. The van der Waals surface area contributed by atoms with E-state index in [0.29, 0.717) is 67.1 Å². The van der Waals surface area contributed by atoms with Crippen LogP contribution in [-0.2, 0) is 11.2 Å². The molecule has 1 amide bonds. The van der Waals surface area contributed by atoms with Crippen LogP contribution in [0.4, 0.5) is 15.8 Å². The topological polar surface area (TPSA) is 97.5 Å². The molecule has 166 valence electrons. The molecule has 0 saturated carbocycles. The number of aromatic nitrogens is 2. The number of anilines is 2. The molecule has 0 unspecified atom stereocenters. The number of H-pyrrole nitrogens is 1. The Kier molecular flexibility index (Phi) is 5.40. The second-order valence-electron chi connectivity index (χ2n) is 7.77. The van der Waals surface area contributed by atoms with Gasteiger partial charge in [-0.05, 0) is 18.2 Å². The molecular formula is C23H23FN4O4. The Bertz CT molecular complexity index is 1160. The number of carbonyl (C=O) groups is 1. The summed E-state index contributed by atoms with van der Waals surface area (Å²) in [6, 6.07) is 6.44. The number of aromatic amines is 1. The van der Waals surface area contributed by atoms with E-state index < -0.39 is 5.82 Å². The summed E-state index contributed by atoms with van der Waals surface area (Å²) < 4.78 is 30.8. The van der Waals surface area contributed by atoms with E-state index >= 15 is 0 Å². The second kappa shape index (κ2) is 8.51. The van der Waals surface area contributed by atoms with Crippen LogP contribution in [0.25, 0.3) is 11.3 Å². The van der Waals surface area contributed by atoms with Crippen LogP contribution >= 0.6 is 0 Å². The van der Waals surface area contributed by atoms with E-state index in [1.807, 2.05) is 6.07 Å². The first-order valence-corrected chi connectivity index (χ1v) is 10.4. The molecule has 2 aliphatic heterocycles. The highest BCUT2D eigenvalue weighted by atomic mass is 19.1. The minimum absolute atomic E-state index is 0.0702. The predicted octanol–water partition coefficient (Wildman–Crippen LogP) is 3.28. The third-order valence-electron chi connectivity index (χ3n) is 5.63. The highest BCUT2D eigenvalue weighted by Crippen LogP contribution is 2.42. The minimum atomic E-state index is -0.497. The summed E-state index contributed by atoms with van der Waals surface area (Å²) >= 11 is 0. The third-order valence-corrected chi connectivity index (χ3v) is 5.63. The molecule has 0 aliphatic carbocycles. The first-order valence-electron chi connectivity index (χ1n) is 10.4. The zero-order valence-corrected chi connectivity index (χ0v) is 17.5. The molecule has 32 heavy (non-hydrogen) atoms. The molecule has 0 spiro atoms. The number of rotatable bonds is 7. The molecule has 1 saturated heterocycles. The number of fused-ring (bicyclic) bond motifs is 1. The van der Waals surface area contributed by atoms with Gasteiger partial charge in [-0.1, -0.05) is 6.07 Å². The van der Waals surface area contributed by atoms with Crippen molar-refractivity contribution in [2.24, 2.45) is 5.92 Å². The van der Waals surface area contributed by atoms with Crippen molar-refractivity contribution in [3.63, 3.8) is 0 Å². The zero-order chi connectivity index (χ0) is 22.1. The van der Waals surface area contributed by atoms with E-state index in [4.69, 9.17) is 14.2 Å². The van der Waals surface area contributed by atoms with Gasteiger partial charge in [0, 0.05) is 36.3 Å². The maximum atomic E-state index is 14.3. The van der Waals surface area contributed by atoms with Crippen molar-refractivity contribution in [2.75, 3.05) is 38.8 Å². The van der Waals surface area contributed by atoms with Crippen molar-refractivity contribution < 1.29 is 23.4 Å². The van der Waals surface area contributed by atoms with Crippen molar-refractivity contribution in [1.29, 1.82) is 0 Å². The number of hydrogen-bond donors (Lipinski definition) is 3. The fourth-order valence-corrected chi connectivity index (χ4v) is 3.95. The molecule has 0 atom stereocenters. The Hall–Kier alpha value is -3.59. The lowest BCUT2D eigenvalue weighted by molar-refractivity contribution is -0.0508. The Morgan fingerprint density at radius 2 is 2.19 bits per heavy atom. The van der Waals surface area contributed by atoms with Gasteiger partial charge < -0.3 is 29.8 Å². The van der Waals surface area contributed by atoms with E-state index in [1.54, 1.807) is 24.5 Å². The average Bonchev–Trinajstić information content (AvgIpc) is 3.12. The van der Waals surface area contributed by atoms with E-state index in [-0.39, 0.29) is 11.7 Å². The van der Waals surface area contributed by atoms with Crippen LogP contribution in [0.15, 0.2) is 36.7 Å². The van der Waals surface area contributed by atoms with Crippen LogP contribution in [0.1, 0.15) is 16.1 Å². The quantitative estimate of drug-likeness (QED) is 0.524. The Balaban J connectivity index is 1.60. The van der Waals surface area contributed by atoms with Gasteiger partial charge in [-0.2, -0.15) is 0 Å². The molecule has 9 heteroatoms. The molecule has 5 rings (SSSR count). The zero-order valence-electron chi connectivity index (χ0n) is 17.5. The lowest BCUT2D eigenvalue weighted by atomic mass is 10.0. The molecule has 2 aromatic heterocycles. The number of benzene rings is 1. The SMILES string of the molecule is COc1c(F)cccc1Nc1c(-c2ccncc2OCC2COC2)[nH]c2c1C(=O)NCC2. The number of nitrogens with zero attached hydrogens (tertiary/aromatic N) is 1. The van der Waals surface area contributed by atoms with Crippen molar-refractivity contribution in [3.8, 4) is 22.8 Å². The maximum absolute atomic E-state index is 14.3. The molecule has 8 nitrogen and oxygen atoms in total. The number of nitrogens with one attached hydrogen (secondary N) is 3. The molecule has 3 N–H and O–H groups in total. The Morgan fingerprint density at radius 3 is 2.97 bits per heavy atom. The Labute approximate surface area is 184 Å². The molecule has 0 radical (unpaired) electrons. The van der Waals surface area contributed by atoms with Crippen LogP contribution < -0.4 is 20.1 Å². The number of amides is 1. The Morgan fingerprint density at radius 1 is 1.31 bits per heavy atom. The summed E-state index contributed by atoms with van der Waals surface area (Å²) in [4.78, 5) is 20.4. The molecule has 1 fully saturated rings. The number of ether oxygens (including phenoxy) is 3. The standard InChI is InChI=1S/C23H23FN4O4/c1-30-22-15(24)3-2-4-17(22)28-21-19-16(6-8-26-23(19)29)27-20(21)14-5-7-25-9-18(14)32-12-13-10-31-11-13/h2-5,7,9,13,27-28H,6,8,10-12H2,1H3,(H,26,29). The molecule has 0 bridgehead atoms. The number of carbonyl (C=O) groups excluding carboxylic acids is 1. The van der Waals surface area contributed by atoms with Crippen LogP contribution in [0.5, 0.6) is 11.5 Å². The number of halogens is 1. The van der Waals surface area contributed by atoms with Gasteiger partial charge in [-0.25, -0.2) is 4.39 Å². The largest absolute Gasteiger partial charge is 0.492 e. The average molecular weight is 438 g/mol. The van der Waals surface area contributed by atoms with Crippen LogP contribution in [0.2, 0.25) is 0 Å². The first kappa shape index (κ1) is 20.3. The number of methoxy groups -OCH3 is 1. The van der Waals surface area contributed by atoms with E-state index in [2.05, 4.69) is 20.6 Å². The fourth-order valence-electron chi connectivity index (χ4n) is 3.95. The summed E-state index contributed by atoms with van der Waals surface area (Å²) in [5.74, 6) is 0.312. The van der Waals surface area contributed by atoms with Gasteiger partial charge >= 0.3 is 0 Å². The molecule has 1 aromatic carbocycles. The summed E-state index contributed by atoms with van der Waals surface area (Å²) in [5, 5.41) is 6.11. The van der Waals surface area contributed by atoms with Gasteiger partial charge in [0.05, 0.1) is 55.8 Å². The number of para-hydroxylation sites is 1. The third kappa shape index (κ3) is 3.64. The van der Waals surface area contributed by atoms with Crippen molar-refractivity contribution >= 4 is 17.3 Å². The molecule has 4 heterocycles. The van der Waals surface area contributed by atoms with E-state index in [9.17, 15) is 9.18 Å². The van der Waals surface area contributed by atoms with Crippen LogP contribution in [0, 0.1) is 11.7 Å². The fraction of sp³-hybridized carbons (Fsp3) is 0.304. The van der Waals surface area contributed by atoms with Crippen LogP contribution in [0.3, 0.4) is 0 Å². The van der Waals surface area contributed by atoms with Gasteiger partial charge in [-0.15, -0.1) is 0 Å². The number of hydrogen-bond acceptors (Lipinski definition) is 6. The smallest absolute Gasteiger partial charge is 0.255 e. The van der Waals surface area contributed by atoms with Crippen LogP contribution in [-0.4, -0.2) is 49.4 Å². The van der Waals surface area contributed by atoms with Gasteiger partial charge in [0.25, 0.3) is 5.91 Å². The number of pyridine rings is 1. The van der Waals surface area contributed by atoms with E-state index in [0.717, 1.165) is 11.3 Å². The van der Waals surface area contributed by atoms with Crippen molar-refractivity contribution in [1.82, 2.24) is 15.3 Å². The van der Waals surface area contributed by atoms with Crippen molar-refractivity contribution in [3.05, 3.63) is 53.7 Å². The van der Waals surface area contributed by atoms with Gasteiger partial charge in [-0.3, -0.25) is 9.78 Å². The summed E-state index contributed by atoms with van der Waals surface area (Å²) in [6.45, 7) is 2.41. The summed E-state index contributed by atoms with van der Waals surface area (Å²) in [6.07, 6.45) is 3.97. The van der Waals surface area contributed by atoms with Gasteiger partial charge in [0.2, 0.25) is 0 Å².